The summed E-state index contributed by atoms with van der Waals surface area (Å²) in [6.45, 7) is 0.962. The summed E-state index contributed by atoms with van der Waals surface area (Å²) in [5.41, 5.74) is 0.768. The quantitative estimate of drug-likeness (QED) is 0.771. The first-order valence-electron chi connectivity index (χ1n) is 5.40. The second kappa shape index (κ2) is 3.10. The Hall–Kier alpha value is -1.29. The summed E-state index contributed by atoms with van der Waals surface area (Å²) in [6.07, 6.45) is 4.01. The van der Waals surface area contributed by atoms with Gasteiger partial charge in [0.15, 0.2) is 0 Å². The average Bonchev–Trinajstić information content (AvgIpc) is 2.91. The number of nitrogens with zero attached hydrogens (tertiary/aromatic N) is 2. The monoisotopic (exact) mass is 206 g/mol. The third-order valence-corrected chi connectivity index (χ3v) is 3.09. The van der Waals surface area contributed by atoms with Crippen LogP contribution < -0.4 is 0 Å². The number of carbonyl (C=O) groups is 1. The highest BCUT2D eigenvalue weighted by molar-refractivity contribution is 5.93. The molecule has 1 aromatic heterocycles. The second-order valence-corrected chi connectivity index (χ2v) is 4.40. The number of hydrogen-bond acceptors (Lipinski definition) is 2. The summed E-state index contributed by atoms with van der Waals surface area (Å²) >= 11 is 0. The summed E-state index contributed by atoms with van der Waals surface area (Å²) in [7, 11) is 0. The van der Waals surface area contributed by atoms with Gasteiger partial charge in [-0.2, -0.15) is 0 Å². The van der Waals surface area contributed by atoms with Crippen LogP contribution in [0, 0.1) is 0 Å². The smallest absolute Gasteiger partial charge is 0.270 e. The highest BCUT2D eigenvalue weighted by Crippen LogP contribution is 2.36. The lowest BCUT2D eigenvalue weighted by atomic mass is 10.1. The number of amides is 1. The van der Waals surface area contributed by atoms with Crippen LogP contribution in [0.15, 0.2) is 18.3 Å². The minimum Gasteiger partial charge on any atom is -0.389 e. The molecule has 3 rings (SSSR count). The molecule has 1 aliphatic carbocycles. The predicted molar refractivity (Wildman–Crippen MR) is 54.6 cm³/mol. The van der Waals surface area contributed by atoms with Gasteiger partial charge in [0.1, 0.15) is 5.69 Å². The number of rotatable bonds is 2. The molecule has 0 bridgehead atoms. The maximum absolute atomic E-state index is 12.0. The van der Waals surface area contributed by atoms with E-state index in [0.717, 1.165) is 5.69 Å². The van der Waals surface area contributed by atoms with Gasteiger partial charge in [-0.1, -0.05) is 0 Å². The summed E-state index contributed by atoms with van der Waals surface area (Å²) < 4.78 is 2.06. The number of likely N-dealkylation sites (tertiary alicyclic amines) is 1. The van der Waals surface area contributed by atoms with E-state index in [2.05, 4.69) is 4.57 Å². The highest BCUT2D eigenvalue weighted by atomic mass is 16.3. The largest absolute Gasteiger partial charge is 0.389 e. The molecule has 0 aromatic carbocycles. The van der Waals surface area contributed by atoms with Gasteiger partial charge in [-0.3, -0.25) is 4.79 Å². The van der Waals surface area contributed by atoms with Crippen LogP contribution in [0.5, 0.6) is 0 Å². The van der Waals surface area contributed by atoms with Crippen molar-refractivity contribution in [1.29, 1.82) is 0 Å². The average molecular weight is 206 g/mol. The van der Waals surface area contributed by atoms with E-state index < -0.39 is 0 Å². The summed E-state index contributed by atoms with van der Waals surface area (Å²) in [4.78, 5) is 13.7. The van der Waals surface area contributed by atoms with Crippen molar-refractivity contribution in [3.63, 3.8) is 0 Å². The summed E-state index contributed by atoms with van der Waals surface area (Å²) in [5.74, 6) is 0.0530. The molecule has 4 nitrogen and oxygen atoms in total. The molecule has 1 N–H and O–H groups in total. The van der Waals surface area contributed by atoms with Crippen LogP contribution in [0.2, 0.25) is 0 Å². The van der Waals surface area contributed by atoms with Crippen LogP contribution in [0.1, 0.15) is 29.4 Å². The van der Waals surface area contributed by atoms with E-state index in [1.165, 1.54) is 12.8 Å². The SMILES string of the molecule is O=C(c1cccn1C1CC1)N1CC(O)C1. The lowest BCUT2D eigenvalue weighted by Crippen LogP contribution is -2.53. The Bertz CT molecular complexity index is 389. The molecule has 1 amide bonds. The molecule has 80 valence electrons. The van der Waals surface area contributed by atoms with Crippen molar-refractivity contribution in [2.45, 2.75) is 25.0 Å². The second-order valence-electron chi connectivity index (χ2n) is 4.40. The number of β-amino-alcohol motifs (C(OH)–C–C–N with tert-alkyl or cyclic N) is 1. The molecule has 0 radical (unpaired) electrons. The molecule has 0 spiro atoms. The van der Waals surface area contributed by atoms with Crippen molar-refractivity contribution in [2.75, 3.05) is 13.1 Å². The van der Waals surface area contributed by atoms with E-state index in [4.69, 9.17) is 5.11 Å². The number of aliphatic hydroxyl groups is 1. The molecule has 0 atom stereocenters. The van der Waals surface area contributed by atoms with E-state index in [1.54, 1.807) is 4.90 Å². The third kappa shape index (κ3) is 1.45. The Morgan fingerprint density at radius 3 is 2.73 bits per heavy atom. The first kappa shape index (κ1) is 8.97. The molecular weight excluding hydrogens is 192 g/mol. The first-order valence-corrected chi connectivity index (χ1v) is 5.40. The number of aromatic nitrogens is 1. The molecule has 2 fully saturated rings. The third-order valence-electron chi connectivity index (χ3n) is 3.09. The van der Waals surface area contributed by atoms with Crippen LogP contribution in [-0.4, -0.2) is 39.7 Å². The van der Waals surface area contributed by atoms with Crippen LogP contribution in [0.4, 0.5) is 0 Å². The molecule has 1 saturated carbocycles. The minimum absolute atomic E-state index is 0.0530. The summed E-state index contributed by atoms with van der Waals surface area (Å²) in [6, 6.07) is 4.32. The molecule has 15 heavy (non-hydrogen) atoms. The van der Waals surface area contributed by atoms with E-state index >= 15 is 0 Å². The van der Waals surface area contributed by atoms with Crippen LogP contribution in [-0.2, 0) is 0 Å². The molecule has 1 saturated heterocycles. The van der Waals surface area contributed by atoms with Crippen LogP contribution in [0.3, 0.4) is 0 Å². The molecule has 2 heterocycles. The van der Waals surface area contributed by atoms with Gasteiger partial charge in [0.05, 0.1) is 6.10 Å². The fraction of sp³-hybridized carbons (Fsp3) is 0.545. The van der Waals surface area contributed by atoms with Crippen molar-refractivity contribution >= 4 is 5.91 Å². The van der Waals surface area contributed by atoms with Crippen LogP contribution in [0.25, 0.3) is 0 Å². The van der Waals surface area contributed by atoms with E-state index in [-0.39, 0.29) is 12.0 Å². The zero-order valence-electron chi connectivity index (χ0n) is 8.47. The van der Waals surface area contributed by atoms with Gasteiger partial charge in [0, 0.05) is 25.3 Å². The van der Waals surface area contributed by atoms with Crippen molar-refractivity contribution in [3.8, 4) is 0 Å². The van der Waals surface area contributed by atoms with Gasteiger partial charge in [-0.25, -0.2) is 0 Å². The maximum Gasteiger partial charge on any atom is 0.270 e. The lowest BCUT2D eigenvalue weighted by molar-refractivity contribution is 0.00518. The molecular formula is C11H14N2O2. The Kier molecular flexibility index (Phi) is 1.85. The van der Waals surface area contributed by atoms with Gasteiger partial charge in [-0.15, -0.1) is 0 Å². The molecule has 0 unspecified atom stereocenters. The normalized spacial score (nSPS) is 21.5. The van der Waals surface area contributed by atoms with Crippen molar-refractivity contribution in [1.82, 2.24) is 9.47 Å². The fourth-order valence-corrected chi connectivity index (χ4v) is 2.03. The Balaban J connectivity index is 1.79. The zero-order valence-corrected chi connectivity index (χ0v) is 8.47. The van der Waals surface area contributed by atoms with Crippen molar-refractivity contribution in [2.24, 2.45) is 0 Å². The van der Waals surface area contributed by atoms with Gasteiger partial charge in [0.2, 0.25) is 0 Å². The molecule has 1 aliphatic heterocycles. The molecule has 2 aliphatic rings. The Morgan fingerprint density at radius 1 is 1.40 bits per heavy atom. The minimum atomic E-state index is -0.321. The number of carbonyl (C=O) groups excluding carboxylic acids is 1. The topological polar surface area (TPSA) is 45.5 Å². The zero-order chi connectivity index (χ0) is 10.4. The Morgan fingerprint density at radius 2 is 2.13 bits per heavy atom. The van der Waals surface area contributed by atoms with Gasteiger partial charge < -0.3 is 14.6 Å². The molecule has 1 aromatic rings. The van der Waals surface area contributed by atoms with Gasteiger partial charge in [0.25, 0.3) is 5.91 Å². The Labute approximate surface area is 88.1 Å². The number of hydrogen-bond donors (Lipinski definition) is 1. The van der Waals surface area contributed by atoms with Gasteiger partial charge in [-0.05, 0) is 25.0 Å². The van der Waals surface area contributed by atoms with Crippen molar-refractivity contribution < 1.29 is 9.90 Å². The predicted octanol–water partition coefficient (Wildman–Crippen LogP) is 0.640. The maximum atomic E-state index is 12.0. The van der Waals surface area contributed by atoms with E-state index in [0.29, 0.717) is 19.1 Å². The lowest BCUT2D eigenvalue weighted by Gasteiger charge is -2.35. The first-order chi connectivity index (χ1) is 7.25. The van der Waals surface area contributed by atoms with Crippen molar-refractivity contribution in [3.05, 3.63) is 24.0 Å². The molecule has 4 heteroatoms. The highest BCUT2D eigenvalue weighted by Gasteiger charge is 2.33. The van der Waals surface area contributed by atoms with Crippen LogP contribution >= 0.6 is 0 Å². The van der Waals surface area contributed by atoms with E-state index in [1.807, 2.05) is 18.3 Å². The fourth-order valence-electron chi connectivity index (χ4n) is 2.03. The summed E-state index contributed by atoms with van der Waals surface area (Å²) in [5, 5.41) is 9.15. The number of aliphatic hydroxyl groups excluding tert-OH is 1. The van der Waals surface area contributed by atoms with Gasteiger partial charge >= 0.3 is 0 Å². The standard InChI is InChI=1S/C11H14N2O2/c14-9-6-12(7-9)11(15)10-2-1-5-13(10)8-3-4-8/h1-2,5,8-9,14H,3-4,6-7H2. The van der Waals surface area contributed by atoms with E-state index in [9.17, 15) is 4.79 Å².